The number of ether oxygens (including phenoxy) is 3. The molecule has 1 fully saturated rings. The molecule has 1 heterocycles. The maximum atomic E-state index is 12.1. The first-order chi connectivity index (χ1) is 18.5. The first-order valence-electron chi connectivity index (χ1n) is 14.4. The van der Waals surface area contributed by atoms with E-state index in [2.05, 4.69) is 19.1 Å². The number of unbranched alkanes of at least 4 members (excludes halogenated alkanes) is 11. The van der Waals surface area contributed by atoms with Crippen molar-refractivity contribution in [1.29, 1.82) is 0 Å². The van der Waals surface area contributed by atoms with Crippen LogP contribution in [0, 0.1) is 0 Å². The summed E-state index contributed by atoms with van der Waals surface area (Å²) in [6, 6.07) is 6.23. The molecule has 0 aliphatic carbocycles. The van der Waals surface area contributed by atoms with Gasteiger partial charge in [0.15, 0.2) is 0 Å². The second kappa shape index (κ2) is 19.1. The van der Waals surface area contributed by atoms with Gasteiger partial charge in [-0.15, -0.1) is 0 Å². The number of rotatable bonds is 19. The van der Waals surface area contributed by atoms with Crippen molar-refractivity contribution in [2.75, 3.05) is 6.61 Å². The van der Waals surface area contributed by atoms with Crippen LogP contribution in [0.3, 0.4) is 0 Å². The normalized spacial score (nSPS) is 23.6. The van der Waals surface area contributed by atoms with Gasteiger partial charge in [-0.3, -0.25) is 4.79 Å². The van der Waals surface area contributed by atoms with E-state index in [1.807, 2.05) is 0 Å². The molecule has 1 aromatic carbocycles. The monoisotopic (exact) mass is 536 g/mol. The number of aliphatic hydroxyl groups is 4. The molecule has 8 nitrogen and oxygen atoms in total. The highest BCUT2D eigenvalue weighted by Crippen LogP contribution is 2.26. The van der Waals surface area contributed by atoms with Crippen LogP contribution in [0.4, 0.5) is 0 Å². The third kappa shape index (κ3) is 12.3. The zero-order valence-electron chi connectivity index (χ0n) is 22.9. The standard InChI is InChI=1S/C30H48O8/c1-2-3-4-5-6-7-8-9-10-11-12-13-14-15-16-17-26(32)36-23-18-20-24(21-19-23)37-30-29(35)28(34)27(33)25(22-31)38-30/h9-10,18-21,25,27-31,33-35H,2-8,11-17,22H2,1H3/b10-9-/t25-,27-,28+,29-,30-/m1/s1. The number of hydrogen-bond donors (Lipinski definition) is 4. The van der Waals surface area contributed by atoms with Crippen molar-refractivity contribution < 1.29 is 39.4 Å². The number of esters is 1. The van der Waals surface area contributed by atoms with Crippen molar-refractivity contribution in [1.82, 2.24) is 0 Å². The molecule has 0 aromatic heterocycles. The number of carbonyl (C=O) groups excluding carboxylic acids is 1. The maximum absolute atomic E-state index is 12.1. The molecule has 0 unspecified atom stereocenters. The summed E-state index contributed by atoms with van der Waals surface area (Å²) in [4.78, 5) is 12.1. The predicted molar refractivity (Wildman–Crippen MR) is 146 cm³/mol. The van der Waals surface area contributed by atoms with Crippen molar-refractivity contribution >= 4 is 5.97 Å². The van der Waals surface area contributed by atoms with E-state index < -0.39 is 37.3 Å². The summed E-state index contributed by atoms with van der Waals surface area (Å²) in [5.74, 6) is 0.403. The van der Waals surface area contributed by atoms with Gasteiger partial charge < -0.3 is 34.6 Å². The molecule has 1 aliphatic heterocycles. The van der Waals surface area contributed by atoms with Crippen LogP contribution in [-0.4, -0.2) is 63.7 Å². The third-order valence-corrected chi connectivity index (χ3v) is 6.80. The average Bonchev–Trinajstić information content (AvgIpc) is 2.92. The van der Waals surface area contributed by atoms with Gasteiger partial charge in [0.25, 0.3) is 0 Å². The molecule has 4 N–H and O–H groups in total. The number of allylic oxidation sites excluding steroid dienone is 2. The van der Waals surface area contributed by atoms with E-state index in [0.717, 1.165) is 25.7 Å². The van der Waals surface area contributed by atoms with E-state index in [9.17, 15) is 25.2 Å². The van der Waals surface area contributed by atoms with Crippen LogP contribution in [0.25, 0.3) is 0 Å². The molecule has 38 heavy (non-hydrogen) atoms. The minimum atomic E-state index is -1.51. The number of hydrogen-bond acceptors (Lipinski definition) is 8. The molecule has 0 saturated carbocycles. The maximum Gasteiger partial charge on any atom is 0.311 e. The van der Waals surface area contributed by atoms with Gasteiger partial charge in [0.05, 0.1) is 6.61 Å². The van der Waals surface area contributed by atoms with Crippen LogP contribution in [0.1, 0.15) is 96.8 Å². The van der Waals surface area contributed by atoms with Crippen LogP contribution in [0.15, 0.2) is 36.4 Å². The third-order valence-electron chi connectivity index (χ3n) is 6.80. The summed E-state index contributed by atoms with van der Waals surface area (Å²) < 4.78 is 16.2. The first kappa shape index (κ1) is 32.2. The summed E-state index contributed by atoms with van der Waals surface area (Å²) in [5, 5.41) is 39.0. The van der Waals surface area contributed by atoms with Gasteiger partial charge in [-0.25, -0.2) is 0 Å². The highest BCUT2D eigenvalue weighted by atomic mass is 16.7. The lowest BCUT2D eigenvalue weighted by Gasteiger charge is -2.39. The number of benzene rings is 1. The summed E-state index contributed by atoms with van der Waals surface area (Å²) in [6.07, 6.45) is 13.9. The smallest absolute Gasteiger partial charge is 0.311 e. The van der Waals surface area contributed by atoms with Crippen LogP contribution >= 0.6 is 0 Å². The predicted octanol–water partition coefficient (Wildman–Crippen LogP) is 4.81. The topological polar surface area (TPSA) is 126 Å². The Morgan fingerprint density at radius 3 is 1.95 bits per heavy atom. The minimum Gasteiger partial charge on any atom is -0.462 e. The fourth-order valence-corrected chi connectivity index (χ4v) is 4.41. The summed E-state index contributed by atoms with van der Waals surface area (Å²) in [7, 11) is 0. The number of aliphatic hydroxyl groups excluding tert-OH is 4. The zero-order chi connectivity index (χ0) is 27.6. The molecule has 0 bridgehead atoms. The van der Waals surface area contributed by atoms with Crippen LogP contribution < -0.4 is 9.47 Å². The van der Waals surface area contributed by atoms with Crippen LogP contribution in [0.5, 0.6) is 11.5 Å². The molecule has 0 amide bonds. The summed E-state index contributed by atoms with van der Waals surface area (Å²) in [5.41, 5.74) is 0. The summed E-state index contributed by atoms with van der Waals surface area (Å²) in [6.45, 7) is 1.72. The van der Waals surface area contributed by atoms with Crippen LogP contribution in [0.2, 0.25) is 0 Å². The Kier molecular flexibility index (Phi) is 16.2. The minimum absolute atomic E-state index is 0.287. The van der Waals surface area contributed by atoms with Crippen molar-refractivity contribution in [3.63, 3.8) is 0 Å². The lowest BCUT2D eigenvalue weighted by molar-refractivity contribution is -0.277. The zero-order valence-corrected chi connectivity index (χ0v) is 22.9. The molecular weight excluding hydrogens is 488 g/mol. The van der Waals surface area contributed by atoms with Crippen LogP contribution in [-0.2, 0) is 9.53 Å². The SMILES string of the molecule is CCCCCCCC/C=C\CCCCCCCC(=O)Oc1ccc(O[C@@H]2O[C@H](CO)[C@@H](O)[C@H](O)[C@H]2O)cc1. The van der Waals surface area contributed by atoms with E-state index in [0.29, 0.717) is 17.9 Å². The molecule has 216 valence electrons. The van der Waals surface area contributed by atoms with E-state index in [4.69, 9.17) is 14.2 Å². The number of carbonyl (C=O) groups is 1. The Balaban J connectivity index is 1.53. The Hall–Kier alpha value is -1.97. The molecule has 0 radical (unpaired) electrons. The molecule has 1 aromatic rings. The first-order valence-corrected chi connectivity index (χ1v) is 14.4. The Labute approximate surface area is 227 Å². The van der Waals surface area contributed by atoms with Gasteiger partial charge in [0.2, 0.25) is 6.29 Å². The van der Waals surface area contributed by atoms with Gasteiger partial charge in [-0.2, -0.15) is 0 Å². The van der Waals surface area contributed by atoms with Gasteiger partial charge in [0.1, 0.15) is 35.9 Å². The second-order valence-electron chi connectivity index (χ2n) is 10.1. The van der Waals surface area contributed by atoms with Crippen molar-refractivity contribution in [3.05, 3.63) is 36.4 Å². The van der Waals surface area contributed by atoms with E-state index in [-0.39, 0.29) is 5.97 Å². The van der Waals surface area contributed by atoms with E-state index in [1.165, 1.54) is 57.8 Å². The quantitative estimate of drug-likeness (QED) is 0.0859. The van der Waals surface area contributed by atoms with Gasteiger partial charge in [-0.1, -0.05) is 70.4 Å². The highest BCUT2D eigenvalue weighted by molar-refractivity contribution is 5.72. The molecule has 5 atom stereocenters. The van der Waals surface area contributed by atoms with Gasteiger partial charge >= 0.3 is 5.97 Å². The largest absolute Gasteiger partial charge is 0.462 e. The van der Waals surface area contributed by atoms with Gasteiger partial charge in [0, 0.05) is 6.42 Å². The molecule has 8 heteroatoms. The highest BCUT2D eigenvalue weighted by Gasteiger charge is 2.44. The van der Waals surface area contributed by atoms with E-state index in [1.54, 1.807) is 24.3 Å². The Bertz CT molecular complexity index is 779. The fraction of sp³-hybridized carbons (Fsp3) is 0.700. The lowest BCUT2D eigenvalue weighted by atomic mass is 9.99. The van der Waals surface area contributed by atoms with Crippen molar-refractivity contribution in [2.45, 2.75) is 128 Å². The molecule has 0 spiro atoms. The molecular formula is C30H48O8. The Morgan fingerprint density at radius 2 is 1.34 bits per heavy atom. The molecule has 2 rings (SSSR count). The Morgan fingerprint density at radius 1 is 0.789 bits per heavy atom. The average molecular weight is 537 g/mol. The molecule has 1 saturated heterocycles. The lowest BCUT2D eigenvalue weighted by Crippen LogP contribution is -2.60. The van der Waals surface area contributed by atoms with Crippen molar-refractivity contribution in [3.8, 4) is 11.5 Å². The second-order valence-corrected chi connectivity index (χ2v) is 10.1. The van der Waals surface area contributed by atoms with Crippen molar-refractivity contribution in [2.24, 2.45) is 0 Å². The summed E-state index contributed by atoms with van der Waals surface area (Å²) >= 11 is 0. The van der Waals surface area contributed by atoms with E-state index >= 15 is 0 Å². The van der Waals surface area contributed by atoms with Gasteiger partial charge in [-0.05, 0) is 56.4 Å². The fourth-order valence-electron chi connectivity index (χ4n) is 4.41. The molecule has 1 aliphatic rings.